The molecule has 166 valence electrons. The van der Waals surface area contributed by atoms with Gasteiger partial charge in [0.2, 0.25) is 6.43 Å². The standard InChI is InChI=1S/C20H17ClF5N3O2/c21-13-4-11(6-16(23)24)7-28-18(13)15(30)5-10-1-2-14(22)12(3-10)20(19(25)26)9-31-8-17(27)29-20/h1-4,7,16,19H,5-6,8-9H2,(H2,27,29)/t20-/m0/s1. The number of ketones is 1. The zero-order valence-corrected chi connectivity index (χ0v) is 16.7. The van der Waals surface area contributed by atoms with Crippen LogP contribution in [0.4, 0.5) is 22.0 Å². The largest absolute Gasteiger partial charge is 0.385 e. The number of aromatic nitrogens is 1. The lowest BCUT2D eigenvalue weighted by Gasteiger charge is -2.33. The maximum absolute atomic E-state index is 14.5. The van der Waals surface area contributed by atoms with Gasteiger partial charge in [-0.2, -0.15) is 0 Å². The average Bonchev–Trinajstić information content (AvgIpc) is 2.68. The highest BCUT2D eigenvalue weighted by molar-refractivity contribution is 6.33. The Morgan fingerprint density at radius 3 is 2.58 bits per heavy atom. The Bertz CT molecular complexity index is 1020. The smallest absolute Gasteiger partial charge is 0.269 e. The van der Waals surface area contributed by atoms with E-state index in [-0.39, 0.29) is 40.7 Å². The van der Waals surface area contributed by atoms with Crippen LogP contribution in [0.3, 0.4) is 0 Å². The topological polar surface area (TPSA) is 77.6 Å². The zero-order chi connectivity index (χ0) is 22.8. The summed E-state index contributed by atoms with van der Waals surface area (Å²) in [6.07, 6.45) is -5.51. The Labute approximate surface area is 179 Å². The van der Waals surface area contributed by atoms with Crippen LogP contribution in [-0.4, -0.2) is 42.7 Å². The van der Waals surface area contributed by atoms with Gasteiger partial charge in [-0.25, -0.2) is 22.0 Å². The number of carbonyl (C=O) groups is 1. The Morgan fingerprint density at radius 2 is 1.97 bits per heavy atom. The van der Waals surface area contributed by atoms with Gasteiger partial charge in [-0.3, -0.25) is 14.8 Å². The van der Waals surface area contributed by atoms with E-state index in [2.05, 4.69) is 9.98 Å². The first-order valence-corrected chi connectivity index (χ1v) is 9.45. The van der Waals surface area contributed by atoms with Gasteiger partial charge in [-0.1, -0.05) is 17.7 Å². The molecule has 1 atom stereocenters. The molecule has 0 fully saturated rings. The molecule has 0 saturated carbocycles. The molecule has 0 unspecified atom stereocenters. The maximum atomic E-state index is 14.5. The molecule has 1 aromatic carbocycles. The Balaban J connectivity index is 1.90. The van der Waals surface area contributed by atoms with E-state index in [1.807, 2.05) is 0 Å². The van der Waals surface area contributed by atoms with Crippen LogP contribution in [0.5, 0.6) is 0 Å². The van der Waals surface area contributed by atoms with Crippen LogP contribution in [0, 0.1) is 5.82 Å². The number of halogens is 6. The van der Waals surface area contributed by atoms with Crippen molar-refractivity contribution in [2.24, 2.45) is 10.7 Å². The van der Waals surface area contributed by atoms with E-state index in [9.17, 15) is 26.7 Å². The summed E-state index contributed by atoms with van der Waals surface area (Å²) in [6.45, 7) is -0.737. The normalized spacial score (nSPS) is 19.0. The number of carbonyl (C=O) groups excluding carboxylic acids is 1. The number of Topliss-reactive ketones (excluding diaryl/α,β-unsaturated/α-hetero) is 1. The second-order valence-corrected chi connectivity index (χ2v) is 7.41. The lowest BCUT2D eigenvalue weighted by Crippen LogP contribution is -2.45. The molecule has 5 nitrogen and oxygen atoms in total. The number of alkyl halides is 4. The number of nitrogens with zero attached hydrogens (tertiary/aromatic N) is 2. The minimum absolute atomic E-state index is 0.118. The SMILES string of the molecule is NC1=N[C@@](c2cc(CC(=O)c3ncc(CC(F)F)cc3Cl)ccc2F)(C(F)F)COC1. The van der Waals surface area contributed by atoms with E-state index in [0.29, 0.717) is 0 Å². The van der Waals surface area contributed by atoms with Crippen molar-refractivity contribution in [2.45, 2.75) is 31.2 Å². The third kappa shape index (κ3) is 5.01. The molecular weight excluding hydrogens is 445 g/mol. The molecule has 1 aromatic heterocycles. The van der Waals surface area contributed by atoms with Gasteiger partial charge in [-0.05, 0) is 29.3 Å². The molecule has 3 rings (SSSR count). The summed E-state index contributed by atoms with van der Waals surface area (Å²) in [4.78, 5) is 20.2. The molecule has 11 heteroatoms. The minimum Gasteiger partial charge on any atom is -0.385 e. The van der Waals surface area contributed by atoms with Crippen molar-refractivity contribution in [2.75, 3.05) is 13.2 Å². The highest BCUT2D eigenvalue weighted by Gasteiger charge is 2.46. The summed E-state index contributed by atoms with van der Waals surface area (Å²) in [5.41, 5.74) is 2.94. The van der Waals surface area contributed by atoms with Crippen molar-refractivity contribution >= 4 is 23.2 Å². The molecule has 31 heavy (non-hydrogen) atoms. The van der Waals surface area contributed by atoms with Crippen molar-refractivity contribution in [3.8, 4) is 0 Å². The van der Waals surface area contributed by atoms with E-state index in [0.717, 1.165) is 18.3 Å². The van der Waals surface area contributed by atoms with Crippen molar-refractivity contribution in [3.63, 3.8) is 0 Å². The highest BCUT2D eigenvalue weighted by Crippen LogP contribution is 2.37. The first-order valence-electron chi connectivity index (χ1n) is 9.07. The van der Waals surface area contributed by atoms with Crippen molar-refractivity contribution in [1.82, 2.24) is 4.98 Å². The second kappa shape index (κ2) is 9.27. The van der Waals surface area contributed by atoms with Crippen molar-refractivity contribution < 1.29 is 31.5 Å². The zero-order valence-electron chi connectivity index (χ0n) is 15.9. The van der Waals surface area contributed by atoms with Gasteiger partial charge in [0.15, 0.2) is 11.3 Å². The molecule has 2 heterocycles. The molecular formula is C20H17ClF5N3O2. The van der Waals surface area contributed by atoms with E-state index >= 15 is 0 Å². The summed E-state index contributed by atoms with van der Waals surface area (Å²) in [7, 11) is 0. The lowest BCUT2D eigenvalue weighted by molar-refractivity contribution is -0.0146. The molecule has 0 saturated heterocycles. The maximum Gasteiger partial charge on any atom is 0.269 e. The fourth-order valence-electron chi connectivity index (χ4n) is 3.26. The van der Waals surface area contributed by atoms with Crippen molar-refractivity contribution in [3.05, 3.63) is 63.7 Å². The number of aliphatic imine (C=N–C) groups is 1. The molecule has 0 radical (unpaired) electrons. The van der Waals surface area contributed by atoms with Crippen LogP contribution < -0.4 is 5.73 Å². The molecule has 2 aromatic rings. The molecule has 0 bridgehead atoms. The van der Waals surface area contributed by atoms with Crippen LogP contribution in [0.25, 0.3) is 0 Å². The van der Waals surface area contributed by atoms with Crippen LogP contribution in [-0.2, 0) is 23.1 Å². The minimum atomic E-state index is -3.12. The summed E-state index contributed by atoms with van der Waals surface area (Å²) >= 11 is 6.00. The van der Waals surface area contributed by atoms with Crippen molar-refractivity contribution in [1.29, 1.82) is 0 Å². The lowest BCUT2D eigenvalue weighted by atomic mass is 9.88. The molecule has 2 N–H and O–H groups in total. The highest BCUT2D eigenvalue weighted by atomic mass is 35.5. The van der Waals surface area contributed by atoms with Gasteiger partial charge in [0.1, 0.15) is 24.0 Å². The van der Waals surface area contributed by atoms with E-state index in [1.165, 1.54) is 12.1 Å². The van der Waals surface area contributed by atoms with Crippen LogP contribution in [0.2, 0.25) is 5.02 Å². The van der Waals surface area contributed by atoms with Crippen LogP contribution >= 0.6 is 11.6 Å². The Kier molecular flexibility index (Phi) is 6.90. The molecule has 1 aliphatic rings. The van der Waals surface area contributed by atoms with Gasteiger partial charge in [-0.15, -0.1) is 0 Å². The van der Waals surface area contributed by atoms with E-state index < -0.39 is 48.6 Å². The number of hydrogen-bond donors (Lipinski definition) is 1. The first kappa shape index (κ1) is 23.1. The van der Waals surface area contributed by atoms with Gasteiger partial charge in [0.05, 0.1) is 11.6 Å². The molecule has 0 amide bonds. The number of pyridine rings is 1. The fraction of sp³-hybridized carbons (Fsp3) is 0.350. The first-order chi connectivity index (χ1) is 14.6. The van der Waals surface area contributed by atoms with Gasteiger partial charge in [0.25, 0.3) is 6.43 Å². The Morgan fingerprint density at radius 1 is 1.23 bits per heavy atom. The third-order valence-electron chi connectivity index (χ3n) is 4.69. The number of ether oxygens (including phenoxy) is 1. The number of amidine groups is 1. The fourth-order valence-corrected chi connectivity index (χ4v) is 3.55. The predicted octanol–water partition coefficient (Wildman–Crippen LogP) is 3.95. The van der Waals surface area contributed by atoms with E-state index in [1.54, 1.807) is 0 Å². The van der Waals surface area contributed by atoms with E-state index in [4.69, 9.17) is 22.1 Å². The number of nitrogens with two attached hydrogens (primary N) is 1. The summed E-state index contributed by atoms with van der Waals surface area (Å²) in [6, 6.07) is 4.52. The van der Waals surface area contributed by atoms with Gasteiger partial charge in [0, 0.05) is 24.6 Å². The molecule has 0 aliphatic carbocycles. The second-order valence-electron chi connectivity index (χ2n) is 7.00. The average molecular weight is 462 g/mol. The number of rotatable bonds is 7. The molecule has 1 aliphatic heterocycles. The molecule has 0 spiro atoms. The quantitative estimate of drug-likeness (QED) is 0.500. The van der Waals surface area contributed by atoms with Gasteiger partial charge >= 0.3 is 0 Å². The summed E-state index contributed by atoms with van der Waals surface area (Å²) in [5, 5.41) is -0.118. The monoisotopic (exact) mass is 461 g/mol. The van der Waals surface area contributed by atoms with Gasteiger partial charge < -0.3 is 10.5 Å². The number of hydrogen-bond acceptors (Lipinski definition) is 5. The Hall–Kier alpha value is -2.59. The van der Waals surface area contributed by atoms with Crippen LogP contribution in [0.15, 0.2) is 35.5 Å². The summed E-state index contributed by atoms with van der Waals surface area (Å²) < 4.78 is 72.3. The number of benzene rings is 1. The third-order valence-corrected chi connectivity index (χ3v) is 4.98. The van der Waals surface area contributed by atoms with Crippen LogP contribution in [0.1, 0.15) is 27.2 Å². The summed E-state index contributed by atoms with van der Waals surface area (Å²) in [5.74, 6) is -1.75. The predicted molar refractivity (Wildman–Crippen MR) is 104 cm³/mol.